The zero-order valence-electron chi connectivity index (χ0n) is 15.5. The number of carbonyl (C=O) groups excluding carboxylic acids is 1. The molecule has 0 bridgehead atoms. The smallest absolute Gasteiger partial charge is 0.244 e. The zero-order chi connectivity index (χ0) is 18.2. The Labute approximate surface area is 156 Å². The SMILES string of the molecule is CCCCCCC1OCC(CN(C(=O)C(C)Cl)c2ccccc2C)O1. The predicted molar refractivity (Wildman–Crippen MR) is 102 cm³/mol. The van der Waals surface area contributed by atoms with Gasteiger partial charge in [-0.25, -0.2) is 0 Å². The van der Waals surface area contributed by atoms with Crippen molar-refractivity contribution in [1.82, 2.24) is 0 Å². The summed E-state index contributed by atoms with van der Waals surface area (Å²) >= 11 is 6.07. The van der Waals surface area contributed by atoms with Gasteiger partial charge in [0.25, 0.3) is 0 Å². The first-order valence-electron chi connectivity index (χ1n) is 9.31. The second kappa shape index (κ2) is 10.1. The third-order valence-electron chi connectivity index (χ3n) is 4.50. The first-order valence-corrected chi connectivity index (χ1v) is 9.74. The molecule has 0 aromatic heterocycles. The molecule has 25 heavy (non-hydrogen) atoms. The molecule has 1 fully saturated rings. The third-order valence-corrected chi connectivity index (χ3v) is 4.69. The van der Waals surface area contributed by atoms with E-state index in [0.717, 1.165) is 24.1 Å². The largest absolute Gasteiger partial charge is 0.350 e. The summed E-state index contributed by atoms with van der Waals surface area (Å²) in [7, 11) is 0. The molecule has 5 heteroatoms. The highest BCUT2D eigenvalue weighted by molar-refractivity contribution is 6.32. The maximum Gasteiger partial charge on any atom is 0.244 e. The number of rotatable bonds is 9. The minimum Gasteiger partial charge on any atom is -0.350 e. The van der Waals surface area contributed by atoms with Crippen molar-refractivity contribution in [2.24, 2.45) is 0 Å². The minimum absolute atomic E-state index is 0.106. The molecule has 1 aliphatic rings. The maximum atomic E-state index is 12.6. The lowest BCUT2D eigenvalue weighted by Gasteiger charge is -2.27. The number of halogens is 1. The lowest BCUT2D eigenvalue weighted by atomic mass is 10.1. The molecule has 2 rings (SSSR count). The molecule has 1 aliphatic heterocycles. The summed E-state index contributed by atoms with van der Waals surface area (Å²) in [6.45, 7) is 6.89. The summed E-state index contributed by atoms with van der Waals surface area (Å²) in [5.41, 5.74) is 1.93. The fourth-order valence-corrected chi connectivity index (χ4v) is 3.20. The Balaban J connectivity index is 1.96. The van der Waals surface area contributed by atoms with Crippen molar-refractivity contribution in [2.45, 2.75) is 70.6 Å². The number of unbranched alkanes of at least 4 members (excludes halogenated alkanes) is 3. The van der Waals surface area contributed by atoms with Crippen molar-refractivity contribution >= 4 is 23.2 Å². The van der Waals surface area contributed by atoms with Gasteiger partial charge in [-0.3, -0.25) is 4.79 Å². The van der Waals surface area contributed by atoms with Crippen LogP contribution >= 0.6 is 11.6 Å². The molecule has 0 N–H and O–H groups in total. The summed E-state index contributed by atoms with van der Waals surface area (Å²) in [6, 6.07) is 7.85. The van der Waals surface area contributed by atoms with Gasteiger partial charge in [0.15, 0.2) is 6.29 Å². The molecular formula is C20H30ClNO3. The summed E-state index contributed by atoms with van der Waals surface area (Å²) in [5.74, 6) is -0.106. The van der Waals surface area contributed by atoms with Crippen molar-refractivity contribution in [3.63, 3.8) is 0 Å². The first kappa shape index (κ1) is 20.2. The van der Waals surface area contributed by atoms with E-state index in [1.54, 1.807) is 11.8 Å². The zero-order valence-corrected chi connectivity index (χ0v) is 16.3. The summed E-state index contributed by atoms with van der Waals surface area (Å²) in [4.78, 5) is 14.3. The number of amides is 1. The topological polar surface area (TPSA) is 38.8 Å². The van der Waals surface area contributed by atoms with Gasteiger partial charge in [0, 0.05) is 5.69 Å². The van der Waals surface area contributed by atoms with Crippen LogP contribution in [0, 0.1) is 6.92 Å². The number of aryl methyl sites for hydroxylation is 1. The van der Waals surface area contributed by atoms with E-state index < -0.39 is 5.38 Å². The Morgan fingerprint density at radius 3 is 2.76 bits per heavy atom. The second-order valence-electron chi connectivity index (χ2n) is 6.72. The van der Waals surface area contributed by atoms with Gasteiger partial charge in [0.2, 0.25) is 5.91 Å². The van der Waals surface area contributed by atoms with Crippen molar-refractivity contribution in [2.75, 3.05) is 18.1 Å². The van der Waals surface area contributed by atoms with E-state index in [2.05, 4.69) is 6.92 Å². The average Bonchev–Trinajstić information content (AvgIpc) is 3.04. The number of benzene rings is 1. The van der Waals surface area contributed by atoms with E-state index in [9.17, 15) is 4.79 Å². The molecule has 0 saturated carbocycles. The van der Waals surface area contributed by atoms with Crippen molar-refractivity contribution < 1.29 is 14.3 Å². The van der Waals surface area contributed by atoms with Gasteiger partial charge in [-0.2, -0.15) is 0 Å². The molecule has 140 valence electrons. The molecule has 1 aromatic rings. The van der Waals surface area contributed by atoms with Gasteiger partial charge in [0.05, 0.1) is 13.2 Å². The lowest BCUT2D eigenvalue weighted by Crippen LogP contribution is -2.42. The van der Waals surface area contributed by atoms with E-state index >= 15 is 0 Å². The van der Waals surface area contributed by atoms with Gasteiger partial charge < -0.3 is 14.4 Å². The summed E-state index contributed by atoms with van der Waals surface area (Å²) in [5, 5.41) is -0.577. The standard InChI is InChI=1S/C20H30ClNO3/c1-4-5-6-7-12-19-24-14-17(25-19)13-22(20(23)16(3)21)18-11-9-8-10-15(18)2/h8-11,16-17,19H,4-7,12-14H2,1-3H3. The highest BCUT2D eigenvalue weighted by atomic mass is 35.5. The molecular weight excluding hydrogens is 338 g/mol. The molecule has 1 amide bonds. The first-order chi connectivity index (χ1) is 12.0. The molecule has 0 aliphatic carbocycles. The van der Waals surface area contributed by atoms with Gasteiger partial charge in [-0.1, -0.05) is 44.4 Å². The van der Waals surface area contributed by atoms with E-state index in [1.807, 2.05) is 31.2 Å². The Bertz CT molecular complexity index is 549. The van der Waals surface area contributed by atoms with Crippen LogP contribution < -0.4 is 4.90 Å². The van der Waals surface area contributed by atoms with E-state index in [-0.39, 0.29) is 18.3 Å². The monoisotopic (exact) mass is 367 g/mol. The fourth-order valence-electron chi connectivity index (χ4n) is 3.08. The second-order valence-corrected chi connectivity index (χ2v) is 7.38. The van der Waals surface area contributed by atoms with Gasteiger partial charge in [-0.15, -0.1) is 11.6 Å². The number of nitrogens with zero attached hydrogens (tertiary/aromatic N) is 1. The predicted octanol–water partition coefficient (Wildman–Crippen LogP) is 4.67. The van der Waals surface area contributed by atoms with Crippen LogP contribution in [0.4, 0.5) is 5.69 Å². The molecule has 3 unspecified atom stereocenters. The average molecular weight is 368 g/mol. The molecule has 1 aromatic carbocycles. The van der Waals surface area contributed by atoms with Gasteiger partial charge in [-0.05, 0) is 38.3 Å². The normalized spacial score (nSPS) is 21.3. The highest BCUT2D eigenvalue weighted by Gasteiger charge is 2.31. The quantitative estimate of drug-likeness (QED) is 0.470. The van der Waals surface area contributed by atoms with Crippen LogP contribution in [0.1, 0.15) is 51.5 Å². The van der Waals surface area contributed by atoms with Crippen LogP contribution in [0.2, 0.25) is 0 Å². The summed E-state index contributed by atoms with van der Waals surface area (Å²) < 4.78 is 11.8. The fraction of sp³-hybridized carbons (Fsp3) is 0.650. The third kappa shape index (κ3) is 5.98. The summed E-state index contributed by atoms with van der Waals surface area (Å²) in [6.07, 6.45) is 5.45. The van der Waals surface area contributed by atoms with E-state index in [4.69, 9.17) is 21.1 Å². The number of para-hydroxylation sites is 1. The Kier molecular flexibility index (Phi) is 8.20. The highest BCUT2D eigenvalue weighted by Crippen LogP contribution is 2.25. The molecule has 1 heterocycles. The van der Waals surface area contributed by atoms with Gasteiger partial charge >= 0.3 is 0 Å². The van der Waals surface area contributed by atoms with Crippen LogP contribution in [-0.2, 0) is 14.3 Å². The Hall–Kier alpha value is -1.10. The molecule has 4 nitrogen and oxygen atoms in total. The van der Waals surface area contributed by atoms with Crippen molar-refractivity contribution in [3.8, 4) is 0 Å². The van der Waals surface area contributed by atoms with Crippen LogP contribution in [-0.4, -0.2) is 36.8 Å². The number of hydrogen-bond acceptors (Lipinski definition) is 3. The van der Waals surface area contributed by atoms with Gasteiger partial charge in [0.1, 0.15) is 11.5 Å². The lowest BCUT2D eigenvalue weighted by molar-refractivity contribution is -0.118. The molecule has 0 radical (unpaired) electrons. The van der Waals surface area contributed by atoms with Crippen LogP contribution in [0.25, 0.3) is 0 Å². The molecule has 1 saturated heterocycles. The molecule has 0 spiro atoms. The van der Waals surface area contributed by atoms with E-state index in [0.29, 0.717) is 13.2 Å². The van der Waals surface area contributed by atoms with E-state index in [1.165, 1.54) is 19.3 Å². The number of ether oxygens (including phenoxy) is 2. The number of hydrogen-bond donors (Lipinski definition) is 0. The number of carbonyl (C=O) groups is 1. The Morgan fingerprint density at radius 1 is 1.32 bits per heavy atom. The maximum absolute atomic E-state index is 12.6. The number of alkyl halides is 1. The van der Waals surface area contributed by atoms with Crippen LogP contribution in [0.3, 0.4) is 0 Å². The number of anilines is 1. The Morgan fingerprint density at radius 2 is 2.08 bits per heavy atom. The molecule has 3 atom stereocenters. The van der Waals surface area contributed by atoms with Crippen LogP contribution in [0.15, 0.2) is 24.3 Å². The minimum atomic E-state index is -0.577. The van der Waals surface area contributed by atoms with Crippen molar-refractivity contribution in [1.29, 1.82) is 0 Å². The van der Waals surface area contributed by atoms with Crippen molar-refractivity contribution in [3.05, 3.63) is 29.8 Å². The van der Waals surface area contributed by atoms with Crippen LogP contribution in [0.5, 0.6) is 0 Å².